The summed E-state index contributed by atoms with van der Waals surface area (Å²) in [7, 11) is 0. The third kappa shape index (κ3) is 1.85. The van der Waals surface area contributed by atoms with Crippen LogP contribution in [-0.2, 0) is 4.74 Å². The van der Waals surface area contributed by atoms with E-state index in [2.05, 4.69) is 5.32 Å². The minimum Gasteiger partial charge on any atom is -0.374 e. The van der Waals surface area contributed by atoms with Crippen molar-refractivity contribution in [1.29, 1.82) is 0 Å². The number of piperidine rings is 1. The Balaban J connectivity index is 1.74. The van der Waals surface area contributed by atoms with Crippen molar-refractivity contribution in [2.24, 2.45) is 0 Å². The van der Waals surface area contributed by atoms with E-state index in [0.29, 0.717) is 5.60 Å². The van der Waals surface area contributed by atoms with Crippen LogP contribution >= 0.6 is 0 Å². The molecule has 3 rings (SSSR count). The predicted octanol–water partition coefficient (Wildman–Crippen LogP) is 2.40. The van der Waals surface area contributed by atoms with Gasteiger partial charge in [-0.1, -0.05) is 11.1 Å². The van der Waals surface area contributed by atoms with Crippen LogP contribution in [0.25, 0.3) is 0 Å². The van der Waals surface area contributed by atoms with Crippen LogP contribution in [0, 0.1) is 0 Å². The summed E-state index contributed by atoms with van der Waals surface area (Å²) in [5, 5.41) is 3.44. The van der Waals surface area contributed by atoms with Crippen LogP contribution in [0.4, 0.5) is 0 Å². The molecule has 2 heterocycles. The molecule has 1 aliphatic carbocycles. The van der Waals surface area contributed by atoms with E-state index in [1.54, 1.807) is 11.1 Å². The molecule has 1 N–H and O–H groups in total. The number of ether oxygens (including phenoxy) is 1. The second kappa shape index (κ2) is 3.91. The molecule has 3 fully saturated rings. The maximum absolute atomic E-state index is 5.97. The maximum Gasteiger partial charge on any atom is 0.0719 e. The monoisotopic (exact) mass is 207 g/mol. The van der Waals surface area contributed by atoms with Crippen LogP contribution in [-0.4, -0.2) is 25.3 Å². The molecule has 0 aromatic heterocycles. The molecule has 0 bridgehead atoms. The van der Waals surface area contributed by atoms with Gasteiger partial charge in [0.25, 0.3) is 0 Å². The number of rotatable bonds is 0. The highest BCUT2D eigenvalue weighted by Crippen LogP contribution is 2.45. The molecule has 2 aliphatic heterocycles. The average molecular weight is 207 g/mol. The number of hydrogen-bond acceptors (Lipinski definition) is 2. The van der Waals surface area contributed by atoms with Gasteiger partial charge in [0.05, 0.1) is 12.2 Å². The molecule has 0 amide bonds. The molecule has 2 nitrogen and oxygen atoms in total. The summed E-state index contributed by atoms with van der Waals surface area (Å²) in [6, 6.07) is 0. The summed E-state index contributed by atoms with van der Waals surface area (Å²) < 4.78 is 5.97. The molecule has 0 unspecified atom stereocenters. The Hall–Kier alpha value is -0.340. The molecular weight excluding hydrogens is 186 g/mol. The molecule has 3 aliphatic rings. The Morgan fingerprint density at radius 2 is 1.80 bits per heavy atom. The molecule has 2 saturated heterocycles. The second-order valence-electron chi connectivity index (χ2n) is 5.27. The van der Waals surface area contributed by atoms with Gasteiger partial charge in [-0.2, -0.15) is 0 Å². The third-order valence-electron chi connectivity index (χ3n) is 4.32. The Morgan fingerprint density at radius 3 is 2.47 bits per heavy atom. The highest BCUT2D eigenvalue weighted by Gasteiger charge is 2.41. The molecule has 0 aromatic rings. The lowest BCUT2D eigenvalue weighted by molar-refractivity contribution is -0.113. The van der Waals surface area contributed by atoms with Crippen molar-refractivity contribution in [2.75, 3.05) is 19.7 Å². The lowest BCUT2D eigenvalue weighted by Gasteiger charge is -2.46. The lowest BCUT2D eigenvalue weighted by Crippen LogP contribution is -2.43. The minimum atomic E-state index is 0.297. The normalized spacial score (nSPS) is 30.4. The van der Waals surface area contributed by atoms with Crippen molar-refractivity contribution < 1.29 is 4.74 Å². The molecule has 1 spiro atoms. The first-order valence-corrected chi connectivity index (χ1v) is 6.42. The molecule has 0 radical (unpaired) electrons. The van der Waals surface area contributed by atoms with Crippen molar-refractivity contribution in [3.8, 4) is 0 Å². The van der Waals surface area contributed by atoms with E-state index in [9.17, 15) is 0 Å². The standard InChI is InChI=1S/C13H21NO/c1-5-13(6-1)10-12(4-9-15-13)11-2-7-14-8-3-11/h14H,1-10H2. The van der Waals surface area contributed by atoms with Crippen molar-refractivity contribution in [2.45, 2.75) is 50.5 Å². The second-order valence-corrected chi connectivity index (χ2v) is 5.27. The molecule has 0 aromatic carbocycles. The van der Waals surface area contributed by atoms with E-state index in [4.69, 9.17) is 4.74 Å². The summed E-state index contributed by atoms with van der Waals surface area (Å²) in [5.74, 6) is 0. The molecule has 84 valence electrons. The molecular formula is C13H21NO. The van der Waals surface area contributed by atoms with E-state index >= 15 is 0 Å². The Labute approximate surface area is 92.1 Å². The van der Waals surface area contributed by atoms with Crippen molar-refractivity contribution in [1.82, 2.24) is 5.32 Å². The van der Waals surface area contributed by atoms with Gasteiger partial charge in [0.2, 0.25) is 0 Å². The fraction of sp³-hybridized carbons (Fsp3) is 0.846. The zero-order chi connectivity index (χ0) is 10.1. The quantitative estimate of drug-likeness (QED) is 0.616. The number of nitrogens with one attached hydrogen (secondary N) is 1. The van der Waals surface area contributed by atoms with E-state index in [1.807, 2.05) is 0 Å². The van der Waals surface area contributed by atoms with E-state index in [0.717, 1.165) is 6.61 Å². The van der Waals surface area contributed by atoms with Gasteiger partial charge in [0.1, 0.15) is 0 Å². The first-order chi connectivity index (χ1) is 7.38. The van der Waals surface area contributed by atoms with Crippen LogP contribution in [0.1, 0.15) is 44.9 Å². The molecule has 15 heavy (non-hydrogen) atoms. The lowest BCUT2D eigenvalue weighted by atomic mass is 9.72. The highest BCUT2D eigenvalue weighted by molar-refractivity contribution is 5.21. The zero-order valence-corrected chi connectivity index (χ0v) is 9.48. The van der Waals surface area contributed by atoms with Crippen LogP contribution in [0.2, 0.25) is 0 Å². The topological polar surface area (TPSA) is 21.3 Å². The van der Waals surface area contributed by atoms with E-state index in [-0.39, 0.29) is 0 Å². The minimum absolute atomic E-state index is 0.297. The van der Waals surface area contributed by atoms with Gasteiger partial charge >= 0.3 is 0 Å². The summed E-state index contributed by atoms with van der Waals surface area (Å²) in [6.07, 6.45) is 9.02. The zero-order valence-electron chi connectivity index (χ0n) is 9.48. The van der Waals surface area contributed by atoms with Crippen LogP contribution in [0.3, 0.4) is 0 Å². The van der Waals surface area contributed by atoms with Crippen LogP contribution in [0.15, 0.2) is 11.1 Å². The van der Waals surface area contributed by atoms with Crippen molar-refractivity contribution in [3.05, 3.63) is 11.1 Å². The average Bonchev–Trinajstić information content (AvgIpc) is 2.28. The summed E-state index contributed by atoms with van der Waals surface area (Å²) in [6.45, 7) is 3.35. The fourth-order valence-corrected chi connectivity index (χ4v) is 3.20. The summed E-state index contributed by atoms with van der Waals surface area (Å²) in [4.78, 5) is 0. The van der Waals surface area contributed by atoms with E-state index in [1.165, 1.54) is 58.0 Å². The van der Waals surface area contributed by atoms with Gasteiger partial charge in [0.15, 0.2) is 0 Å². The van der Waals surface area contributed by atoms with Gasteiger partial charge in [0, 0.05) is 0 Å². The molecule has 2 heteroatoms. The third-order valence-corrected chi connectivity index (χ3v) is 4.32. The first-order valence-electron chi connectivity index (χ1n) is 6.42. The smallest absolute Gasteiger partial charge is 0.0719 e. The van der Waals surface area contributed by atoms with Crippen LogP contribution < -0.4 is 5.32 Å². The Morgan fingerprint density at radius 1 is 1.00 bits per heavy atom. The number of hydrogen-bond donors (Lipinski definition) is 1. The van der Waals surface area contributed by atoms with E-state index < -0.39 is 0 Å². The summed E-state index contributed by atoms with van der Waals surface area (Å²) >= 11 is 0. The molecule has 0 atom stereocenters. The van der Waals surface area contributed by atoms with Crippen molar-refractivity contribution >= 4 is 0 Å². The summed E-state index contributed by atoms with van der Waals surface area (Å²) in [5.41, 5.74) is 3.80. The highest BCUT2D eigenvalue weighted by atomic mass is 16.5. The van der Waals surface area contributed by atoms with Gasteiger partial charge in [-0.05, 0) is 58.0 Å². The fourth-order valence-electron chi connectivity index (χ4n) is 3.20. The van der Waals surface area contributed by atoms with Gasteiger partial charge in [-0.3, -0.25) is 0 Å². The SMILES string of the molecule is C1CC2(C1)CC(=C1CCNCC1)CCO2. The van der Waals surface area contributed by atoms with Crippen LogP contribution in [0.5, 0.6) is 0 Å². The molecule has 1 saturated carbocycles. The maximum atomic E-state index is 5.97. The predicted molar refractivity (Wildman–Crippen MR) is 60.9 cm³/mol. The Bertz CT molecular complexity index is 270. The van der Waals surface area contributed by atoms with Gasteiger partial charge in [-0.15, -0.1) is 0 Å². The Kier molecular flexibility index (Phi) is 2.57. The van der Waals surface area contributed by atoms with Gasteiger partial charge < -0.3 is 10.1 Å². The van der Waals surface area contributed by atoms with Gasteiger partial charge in [-0.25, -0.2) is 0 Å². The van der Waals surface area contributed by atoms with Crippen molar-refractivity contribution in [3.63, 3.8) is 0 Å². The largest absolute Gasteiger partial charge is 0.374 e. The first kappa shape index (κ1) is 9.86.